The molecule has 0 bridgehead atoms. The Morgan fingerprint density at radius 1 is 1.21 bits per heavy atom. The van der Waals surface area contributed by atoms with Crippen molar-refractivity contribution in [3.8, 4) is 5.75 Å². The molecule has 0 aliphatic rings. The Bertz CT molecular complexity index is 376. The summed E-state index contributed by atoms with van der Waals surface area (Å²) in [6.45, 7) is 5.36. The maximum atomic E-state index is 11.9. The summed E-state index contributed by atoms with van der Waals surface area (Å²) in [6, 6.07) is 5.78. The van der Waals surface area contributed by atoms with Crippen LogP contribution in [0.1, 0.15) is 12.0 Å². The topological polar surface area (TPSA) is 30.5 Å². The van der Waals surface area contributed by atoms with E-state index in [4.69, 9.17) is 4.74 Å². The highest BCUT2D eigenvalue weighted by Crippen LogP contribution is 2.22. The van der Waals surface area contributed by atoms with Gasteiger partial charge in [0, 0.05) is 6.54 Å². The van der Waals surface area contributed by atoms with Gasteiger partial charge in [-0.2, -0.15) is 0 Å². The van der Waals surface area contributed by atoms with E-state index in [9.17, 15) is 13.2 Å². The van der Waals surface area contributed by atoms with Gasteiger partial charge >= 0.3 is 6.36 Å². The third kappa shape index (κ3) is 7.35. The van der Waals surface area contributed by atoms with E-state index in [2.05, 4.69) is 16.6 Å². The van der Waals surface area contributed by atoms with Gasteiger partial charge in [-0.3, -0.25) is 0 Å². The summed E-state index contributed by atoms with van der Waals surface area (Å²) in [5, 5.41) is 3.15. The second kappa shape index (κ2) is 7.68. The molecule has 0 aromatic heterocycles. The zero-order valence-electron chi connectivity index (χ0n) is 10.4. The molecule has 0 heterocycles. The molecule has 6 heteroatoms. The lowest BCUT2D eigenvalue weighted by Gasteiger charge is -2.09. The van der Waals surface area contributed by atoms with E-state index in [1.807, 2.05) is 0 Å². The Morgan fingerprint density at radius 2 is 1.89 bits per heavy atom. The fourth-order valence-electron chi connectivity index (χ4n) is 1.41. The van der Waals surface area contributed by atoms with Crippen LogP contribution in [-0.2, 0) is 11.3 Å². The smallest absolute Gasteiger partial charge is 0.502 e. The van der Waals surface area contributed by atoms with Gasteiger partial charge in [0.2, 0.25) is 0 Å². The molecular formula is C13H16F3NO2. The van der Waals surface area contributed by atoms with Gasteiger partial charge in [0.1, 0.15) is 5.75 Å². The van der Waals surface area contributed by atoms with Crippen LogP contribution in [0.25, 0.3) is 0 Å². The molecule has 0 aliphatic heterocycles. The van der Waals surface area contributed by atoms with Crippen molar-refractivity contribution in [2.75, 3.05) is 13.2 Å². The van der Waals surface area contributed by atoms with Crippen LogP contribution in [-0.4, -0.2) is 19.5 Å². The van der Waals surface area contributed by atoms with E-state index in [0.717, 1.165) is 18.5 Å². The molecule has 1 aromatic carbocycles. The number of alkyl halides is 3. The predicted molar refractivity (Wildman–Crippen MR) is 65.6 cm³/mol. The number of rotatable bonds is 8. The van der Waals surface area contributed by atoms with Gasteiger partial charge in [-0.25, -0.2) is 0 Å². The van der Waals surface area contributed by atoms with Gasteiger partial charge in [-0.1, -0.05) is 18.7 Å². The molecule has 0 amide bonds. The lowest BCUT2D eigenvalue weighted by atomic mass is 10.2. The summed E-state index contributed by atoms with van der Waals surface area (Å²) >= 11 is 0. The highest BCUT2D eigenvalue weighted by atomic mass is 19.4. The number of hydrogen-bond donors (Lipinski definition) is 1. The van der Waals surface area contributed by atoms with Crippen molar-refractivity contribution in [3.05, 3.63) is 42.7 Å². The standard InChI is InChI=1S/C13H16F3NO2/c1-2-18-9-3-8-17-10-11-4-6-12(7-5-11)19-13(14,15)16/h2,4-7,17H,1,3,8-10H2. The first-order chi connectivity index (χ1) is 9.01. The van der Waals surface area contributed by atoms with Gasteiger partial charge in [-0.05, 0) is 30.7 Å². The van der Waals surface area contributed by atoms with Gasteiger partial charge in [0.25, 0.3) is 0 Å². The Labute approximate surface area is 110 Å². The van der Waals surface area contributed by atoms with Crippen molar-refractivity contribution in [2.24, 2.45) is 0 Å². The lowest BCUT2D eigenvalue weighted by molar-refractivity contribution is -0.274. The van der Waals surface area contributed by atoms with Crippen molar-refractivity contribution < 1.29 is 22.6 Å². The molecular weight excluding hydrogens is 259 g/mol. The predicted octanol–water partition coefficient (Wildman–Crippen LogP) is 3.23. The molecule has 1 N–H and O–H groups in total. The molecule has 1 aromatic rings. The normalized spacial score (nSPS) is 11.1. The first kappa shape index (κ1) is 15.4. The van der Waals surface area contributed by atoms with E-state index >= 15 is 0 Å². The summed E-state index contributed by atoms with van der Waals surface area (Å²) in [7, 11) is 0. The van der Waals surface area contributed by atoms with E-state index in [-0.39, 0.29) is 5.75 Å². The maximum absolute atomic E-state index is 11.9. The lowest BCUT2D eigenvalue weighted by Crippen LogP contribution is -2.17. The Balaban J connectivity index is 2.26. The van der Waals surface area contributed by atoms with Gasteiger partial charge in [-0.15, -0.1) is 13.2 Å². The molecule has 0 radical (unpaired) electrons. The highest BCUT2D eigenvalue weighted by molar-refractivity contribution is 5.27. The van der Waals surface area contributed by atoms with Gasteiger partial charge < -0.3 is 14.8 Å². The average molecular weight is 275 g/mol. The molecule has 3 nitrogen and oxygen atoms in total. The molecule has 19 heavy (non-hydrogen) atoms. The van der Waals surface area contributed by atoms with Crippen LogP contribution < -0.4 is 10.1 Å². The number of benzene rings is 1. The van der Waals surface area contributed by atoms with E-state index in [0.29, 0.717) is 13.2 Å². The van der Waals surface area contributed by atoms with Crippen molar-refractivity contribution >= 4 is 0 Å². The van der Waals surface area contributed by atoms with Crippen LogP contribution >= 0.6 is 0 Å². The zero-order valence-corrected chi connectivity index (χ0v) is 10.4. The minimum Gasteiger partial charge on any atom is -0.502 e. The molecule has 0 saturated carbocycles. The van der Waals surface area contributed by atoms with Crippen molar-refractivity contribution in [1.29, 1.82) is 0 Å². The summed E-state index contributed by atoms with van der Waals surface area (Å²) < 4.78 is 44.5. The van der Waals surface area contributed by atoms with Crippen molar-refractivity contribution in [2.45, 2.75) is 19.3 Å². The molecule has 1 rings (SSSR count). The Morgan fingerprint density at radius 3 is 2.47 bits per heavy atom. The van der Waals surface area contributed by atoms with Crippen LogP contribution in [0.2, 0.25) is 0 Å². The van der Waals surface area contributed by atoms with E-state index in [1.165, 1.54) is 18.4 Å². The minimum atomic E-state index is -4.65. The Kier molecular flexibility index (Phi) is 6.21. The Hall–Kier alpha value is -1.69. The van der Waals surface area contributed by atoms with Crippen LogP contribution in [0.4, 0.5) is 13.2 Å². The summed E-state index contributed by atoms with van der Waals surface area (Å²) in [5.74, 6) is -0.212. The second-order valence-electron chi connectivity index (χ2n) is 3.76. The third-order valence-corrected chi connectivity index (χ3v) is 2.22. The molecule has 0 saturated heterocycles. The van der Waals surface area contributed by atoms with E-state index < -0.39 is 6.36 Å². The largest absolute Gasteiger partial charge is 0.573 e. The van der Waals surface area contributed by atoms with Crippen molar-refractivity contribution in [1.82, 2.24) is 5.32 Å². The number of hydrogen-bond acceptors (Lipinski definition) is 3. The fourth-order valence-corrected chi connectivity index (χ4v) is 1.41. The summed E-state index contributed by atoms with van der Waals surface area (Å²) in [4.78, 5) is 0. The third-order valence-electron chi connectivity index (χ3n) is 2.22. The number of ether oxygens (including phenoxy) is 2. The van der Waals surface area contributed by atoms with Crippen LogP contribution in [0, 0.1) is 0 Å². The van der Waals surface area contributed by atoms with Crippen LogP contribution in [0.3, 0.4) is 0 Å². The molecule has 0 fully saturated rings. The summed E-state index contributed by atoms with van der Waals surface area (Å²) in [5.41, 5.74) is 0.888. The first-order valence-electron chi connectivity index (χ1n) is 5.79. The maximum Gasteiger partial charge on any atom is 0.573 e. The molecule has 0 spiro atoms. The minimum absolute atomic E-state index is 0.212. The number of halogens is 3. The highest BCUT2D eigenvalue weighted by Gasteiger charge is 2.30. The first-order valence-corrected chi connectivity index (χ1v) is 5.79. The monoisotopic (exact) mass is 275 g/mol. The zero-order chi connectivity index (χ0) is 14.1. The van der Waals surface area contributed by atoms with Crippen LogP contribution in [0.5, 0.6) is 5.75 Å². The van der Waals surface area contributed by atoms with Gasteiger partial charge in [0.05, 0.1) is 12.9 Å². The fraction of sp³-hybridized carbons (Fsp3) is 0.385. The molecule has 0 aliphatic carbocycles. The molecule has 0 atom stereocenters. The average Bonchev–Trinajstić information content (AvgIpc) is 2.34. The van der Waals surface area contributed by atoms with E-state index in [1.54, 1.807) is 12.1 Å². The SMILES string of the molecule is C=COCCCNCc1ccc(OC(F)(F)F)cc1. The number of nitrogens with one attached hydrogen (secondary N) is 1. The van der Waals surface area contributed by atoms with Gasteiger partial charge in [0.15, 0.2) is 0 Å². The van der Waals surface area contributed by atoms with Crippen molar-refractivity contribution in [3.63, 3.8) is 0 Å². The quantitative estimate of drug-likeness (QED) is 0.583. The second-order valence-corrected chi connectivity index (χ2v) is 3.76. The summed E-state index contributed by atoms with van der Waals surface area (Å²) in [6.07, 6.45) is -2.43. The van der Waals surface area contributed by atoms with Crippen LogP contribution in [0.15, 0.2) is 37.1 Å². The molecule has 106 valence electrons. The molecule has 0 unspecified atom stereocenters.